The van der Waals surface area contributed by atoms with Crippen LogP contribution in [0.5, 0.6) is 0 Å². The van der Waals surface area contributed by atoms with E-state index in [4.69, 9.17) is 17.3 Å². The lowest BCUT2D eigenvalue weighted by Gasteiger charge is -2.23. The zero-order valence-corrected chi connectivity index (χ0v) is 11.6. The molecule has 1 aromatic rings. The number of amides is 1. The lowest BCUT2D eigenvalue weighted by molar-refractivity contribution is 0.0777. The lowest BCUT2D eigenvalue weighted by atomic mass is 9.90. The van der Waals surface area contributed by atoms with Gasteiger partial charge >= 0.3 is 0 Å². The number of hydrogen-bond donors (Lipinski definition) is 1. The highest BCUT2D eigenvalue weighted by atomic mass is 35.5. The van der Waals surface area contributed by atoms with Crippen molar-refractivity contribution in [1.82, 2.24) is 4.90 Å². The molecule has 1 heterocycles. The molecule has 18 heavy (non-hydrogen) atoms. The molecule has 0 bridgehead atoms. The van der Waals surface area contributed by atoms with Crippen molar-refractivity contribution in [2.45, 2.75) is 20.3 Å². The number of likely N-dealkylation sites (tertiary alicyclic amines) is 1. The van der Waals surface area contributed by atoms with Crippen molar-refractivity contribution in [2.24, 2.45) is 11.1 Å². The Morgan fingerprint density at radius 3 is 2.89 bits per heavy atom. The first-order valence-electron chi connectivity index (χ1n) is 6.21. The molecule has 0 spiro atoms. The summed E-state index contributed by atoms with van der Waals surface area (Å²) in [5, 5.41) is 0.559. The molecule has 4 heteroatoms. The zero-order chi connectivity index (χ0) is 13.3. The van der Waals surface area contributed by atoms with Crippen LogP contribution in [0.2, 0.25) is 5.02 Å². The summed E-state index contributed by atoms with van der Waals surface area (Å²) in [6.45, 7) is 6.12. The average molecular weight is 267 g/mol. The van der Waals surface area contributed by atoms with Crippen molar-refractivity contribution in [3.63, 3.8) is 0 Å². The number of carbonyl (C=O) groups is 1. The zero-order valence-electron chi connectivity index (χ0n) is 10.9. The predicted octanol–water partition coefficient (Wildman–Crippen LogP) is 2.46. The summed E-state index contributed by atoms with van der Waals surface area (Å²) in [5.41, 5.74) is 7.34. The van der Waals surface area contributed by atoms with Crippen LogP contribution in [0.25, 0.3) is 0 Å². The molecule has 0 radical (unpaired) electrons. The van der Waals surface area contributed by atoms with Crippen molar-refractivity contribution >= 4 is 17.5 Å². The molecule has 1 amide bonds. The summed E-state index contributed by atoms with van der Waals surface area (Å²) in [4.78, 5) is 14.3. The fraction of sp³-hybridized carbons (Fsp3) is 0.500. The van der Waals surface area contributed by atoms with Gasteiger partial charge in [-0.2, -0.15) is 0 Å². The smallest absolute Gasteiger partial charge is 0.255 e. The van der Waals surface area contributed by atoms with E-state index in [-0.39, 0.29) is 11.3 Å². The third-order valence-electron chi connectivity index (χ3n) is 3.76. The topological polar surface area (TPSA) is 46.3 Å². The number of rotatable bonds is 2. The number of benzene rings is 1. The second-order valence-corrected chi connectivity index (χ2v) is 5.81. The molecule has 98 valence electrons. The van der Waals surface area contributed by atoms with Gasteiger partial charge in [-0.3, -0.25) is 4.79 Å². The van der Waals surface area contributed by atoms with E-state index in [0.717, 1.165) is 18.5 Å². The van der Waals surface area contributed by atoms with Gasteiger partial charge in [-0.1, -0.05) is 30.7 Å². The molecule has 0 aliphatic carbocycles. The summed E-state index contributed by atoms with van der Waals surface area (Å²) in [6.07, 6.45) is 0.957. The van der Waals surface area contributed by atoms with Crippen LogP contribution in [0.4, 0.5) is 0 Å². The summed E-state index contributed by atoms with van der Waals surface area (Å²) >= 11 is 6.20. The third-order valence-corrected chi connectivity index (χ3v) is 4.26. The van der Waals surface area contributed by atoms with E-state index in [1.54, 1.807) is 6.07 Å². The van der Waals surface area contributed by atoms with Crippen molar-refractivity contribution in [1.29, 1.82) is 0 Å². The minimum absolute atomic E-state index is 0.0147. The maximum Gasteiger partial charge on any atom is 0.255 e. The van der Waals surface area contributed by atoms with Gasteiger partial charge in [-0.15, -0.1) is 0 Å². The van der Waals surface area contributed by atoms with Gasteiger partial charge in [0.2, 0.25) is 0 Å². The Hall–Kier alpha value is -1.06. The van der Waals surface area contributed by atoms with Gasteiger partial charge in [-0.05, 0) is 36.9 Å². The fourth-order valence-electron chi connectivity index (χ4n) is 2.35. The monoisotopic (exact) mass is 266 g/mol. The maximum absolute atomic E-state index is 12.4. The largest absolute Gasteiger partial charge is 0.338 e. The normalized spacial score (nSPS) is 23.4. The Bertz CT molecular complexity index is 475. The second kappa shape index (κ2) is 4.90. The van der Waals surface area contributed by atoms with E-state index in [0.29, 0.717) is 23.7 Å². The molecular weight excluding hydrogens is 248 g/mol. The van der Waals surface area contributed by atoms with E-state index < -0.39 is 0 Å². The van der Waals surface area contributed by atoms with Gasteiger partial charge in [-0.25, -0.2) is 0 Å². The highest BCUT2D eigenvalue weighted by molar-refractivity contribution is 6.34. The van der Waals surface area contributed by atoms with E-state index in [2.05, 4.69) is 6.92 Å². The number of carbonyl (C=O) groups excluding carboxylic acids is 1. The minimum atomic E-state index is 0.0147. The Labute approximate surface area is 113 Å². The Morgan fingerprint density at radius 1 is 1.56 bits per heavy atom. The number of nitrogens with zero attached hydrogens (tertiary/aromatic N) is 1. The van der Waals surface area contributed by atoms with Crippen molar-refractivity contribution in [2.75, 3.05) is 19.6 Å². The molecule has 0 aromatic heterocycles. The standard InChI is InChI=1S/C14H19ClN2O/c1-10-4-3-5-11(12(10)15)13(18)17-7-6-14(2,8-16)9-17/h3-5H,6-9,16H2,1-2H3. The Morgan fingerprint density at radius 2 is 2.28 bits per heavy atom. The highest BCUT2D eigenvalue weighted by Crippen LogP contribution is 2.31. The van der Waals surface area contributed by atoms with Gasteiger partial charge < -0.3 is 10.6 Å². The Balaban J connectivity index is 2.21. The van der Waals surface area contributed by atoms with Crippen LogP contribution in [0.15, 0.2) is 18.2 Å². The third kappa shape index (κ3) is 2.38. The van der Waals surface area contributed by atoms with Crippen LogP contribution < -0.4 is 5.73 Å². The molecule has 1 unspecified atom stereocenters. The van der Waals surface area contributed by atoms with Gasteiger partial charge in [0, 0.05) is 13.1 Å². The molecule has 2 rings (SSSR count). The van der Waals surface area contributed by atoms with E-state index in [1.165, 1.54) is 0 Å². The maximum atomic E-state index is 12.4. The minimum Gasteiger partial charge on any atom is -0.338 e. The molecule has 1 aliphatic rings. The van der Waals surface area contributed by atoms with Crippen LogP contribution in [-0.2, 0) is 0 Å². The number of aryl methyl sites for hydroxylation is 1. The quantitative estimate of drug-likeness (QED) is 0.894. The first-order valence-corrected chi connectivity index (χ1v) is 6.59. The fourth-order valence-corrected chi connectivity index (χ4v) is 2.55. The molecule has 0 saturated carbocycles. The predicted molar refractivity (Wildman–Crippen MR) is 73.9 cm³/mol. The molecule has 1 fully saturated rings. The van der Waals surface area contributed by atoms with Gasteiger partial charge in [0.15, 0.2) is 0 Å². The van der Waals surface area contributed by atoms with Crippen LogP contribution in [0.1, 0.15) is 29.3 Å². The molecule has 1 aromatic carbocycles. The van der Waals surface area contributed by atoms with E-state index in [9.17, 15) is 4.79 Å². The van der Waals surface area contributed by atoms with E-state index in [1.807, 2.05) is 24.0 Å². The van der Waals surface area contributed by atoms with Crippen LogP contribution in [0, 0.1) is 12.3 Å². The van der Waals surface area contributed by atoms with Gasteiger partial charge in [0.1, 0.15) is 0 Å². The van der Waals surface area contributed by atoms with Crippen molar-refractivity contribution in [3.05, 3.63) is 34.3 Å². The van der Waals surface area contributed by atoms with Crippen LogP contribution >= 0.6 is 11.6 Å². The van der Waals surface area contributed by atoms with Crippen LogP contribution in [-0.4, -0.2) is 30.4 Å². The van der Waals surface area contributed by atoms with Crippen molar-refractivity contribution in [3.8, 4) is 0 Å². The first-order chi connectivity index (χ1) is 8.47. The number of hydrogen-bond acceptors (Lipinski definition) is 2. The SMILES string of the molecule is Cc1cccc(C(=O)N2CCC(C)(CN)C2)c1Cl. The van der Waals surface area contributed by atoms with Gasteiger partial charge in [0.05, 0.1) is 10.6 Å². The molecule has 1 atom stereocenters. The summed E-state index contributed by atoms with van der Waals surface area (Å²) in [5.74, 6) is 0.0147. The highest BCUT2D eigenvalue weighted by Gasteiger charge is 2.35. The summed E-state index contributed by atoms with van der Waals surface area (Å²) < 4.78 is 0. The Kier molecular flexibility index (Phi) is 3.64. The van der Waals surface area contributed by atoms with Crippen LogP contribution in [0.3, 0.4) is 0 Å². The molecule has 1 saturated heterocycles. The summed E-state index contributed by atoms with van der Waals surface area (Å²) in [6, 6.07) is 5.56. The molecular formula is C14H19ClN2O. The summed E-state index contributed by atoms with van der Waals surface area (Å²) in [7, 11) is 0. The van der Waals surface area contributed by atoms with Gasteiger partial charge in [0.25, 0.3) is 5.91 Å². The number of halogens is 1. The van der Waals surface area contributed by atoms with E-state index >= 15 is 0 Å². The molecule has 1 aliphatic heterocycles. The lowest BCUT2D eigenvalue weighted by Crippen LogP contribution is -2.34. The molecule has 2 N–H and O–H groups in total. The average Bonchev–Trinajstić information content (AvgIpc) is 2.75. The van der Waals surface area contributed by atoms with Crippen molar-refractivity contribution < 1.29 is 4.79 Å². The molecule has 3 nitrogen and oxygen atoms in total. The second-order valence-electron chi connectivity index (χ2n) is 5.43. The first kappa shape index (κ1) is 13.4. The number of nitrogens with two attached hydrogens (primary N) is 1.